The van der Waals surface area contributed by atoms with Gasteiger partial charge in [-0.05, 0) is 0 Å². The number of aliphatic hydroxyl groups is 1. The number of halogens is 3. The lowest BCUT2D eigenvalue weighted by Crippen LogP contribution is -2.46. The summed E-state index contributed by atoms with van der Waals surface area (Å²) in [6.07, 6.45) is 2.52. The summed E-state index contributed by atoms with van der Waals surface area (Å²) >= 11 is 16.4. The molecule has 2 N–H and O–H groups in total. The summed E-state index contributed by atoms with van der Waals surface area (Å²) in [6, 6.07) is -0.654. The van der Waals surface area contributed by atoms with E-state index in [1.54, 1.807) is 0 Å². The van der Waals surface area contributed by atoms with Crippen LogP contribution in [0.3, 0.4) is 0 Å². The van der Waals surface area contributed by atoms with Crippen molar-refractivity contribution >= 4 is 46.5 Å². The Balaban J connectivity index is 2.65. The number of carbonyl (C=O) groups is 1. The van der Waals surface area contributed by atoms with Crippen molar-refractivity contribution in [2.75, 3.05) is 12.4 Å². The van der Waals surface area contributed by atoms with Gasteiger partial charge in [-0.1, -0.05) is 34.8 Å². The molecule has 0 fully saturated rings. The summed E-state index contributed by atoms with van der Waals surface area (Å²) in [4.78, 5) is 19.9. The van der Waals surface area contributed by atoms with Gasteiger partial charge < -0.3 is 10.4 Å². The van der Waals surface area contributed by atoms with Crippen molar-refractivity contribution in [1.29, 1.82) is 0 Å². The average molecular weight is 300 g/mol. The van der Waals surface area contributed by atoms with Crippen LogP contribution in [-0.4, -0.2) is 43.1 Å². The van der Waals surface area contributed by atoms with Gasteiger partial charge in [0.05, 0.1) is 18.1 Å². The van der Waals surface area contributed by atoms with Crippen molar-refractivity contribution in [3.8, 4) is 0 Å². The first kappa shape index (κ1) is 14.2. The third-order valence-corrected chi connectivity index (χ3v) is 2.38. The first-order chi connectivity index (χ1) is 7.82. The molecule has 1 unspecified atom stereocenters. The van der Waals surface area contributed by atoms with E-state index >= 15 is 0 Å². The maximum absolute atomic E-state index is 11.6. The number of amides is 2. The zero-order chi connectivity index (χ0) is 13.1. The highest BCUT2D eigenvalue weighted by Crippen LogP contribution is 2.31. The number of nitrogens with zero attached hydrogens (tertiary/aromatic N) is 3. The van der Waals surface area contributed by atoms with E-state index in [9.17, 15) is 9.90 Å². The number of nitrogens with one attached hydrogen (secondary N) is 1. The minimum absolute atomic E-state index is 0.362. The maximum Gasteiger partial charge on any atom is 0.323 e. The second-order valence-corrected chi connectivity index (χ2v) is 5.45. The van der Waals surface area contributed by atoms with Crippen LogP contribution in [0.15, 0.2) is 18.7 Å². The van der Waals surface area contributed by atoms with Gasteiger partial charge in [-0.3, -0.25) is 4.90 Å². The van der Waals surface area contributed by atoms with Gasteiger partial charge in [-0.15, -0.1) is 0 Å². The molecule has 1 heterocycles. The van der Waals surface area contributed by atoms with Crippen molar-refractivity contribution in [2.24, 2.45) is 0 Å². The molecular weight excluding hydrogens is 290 g/mol. The molecule has 6 nitrogen and oxygen atoms in total. The van der Waals surface area contributed by atoms with Gasteiger partial charge in [-0.25, -0.2) is 14.8 Å². The Morgan fingerprint density at radius 3 is 2.47 bits per heavy atom. The third kappa shape index (κ3) is 4.16. The van der Waals surface area contributed by atoms with E-state index in [1.807, 2.05) is 0 Å². The van der Waals surface area contributed by atoms with Gasteiger partial charge in [0.25, 0.3) is 0 Å². The van der Waals surface area contributed by atoms with Crippen LogP contribution in [0, 0.1) is 0 Å². The molecule has 0 saturated carbocycles. The molecule has 9 heteroatoms. The number of alkyl halides is 3. The summed E-state index contributed by atoms with van der Waals surface area (Å²) < 4.78 is -1.99. The number of carbonyl (C=O) groups excluding carboxylic acids is 1. The molecule has 17 heavy (non-hydrogen) atoms. The minimum Gasteiger partial charge on any atom is -0.369 e. The van der Waals surface area contributed by atoms with Crippen LogP contribution in [0.2, 0.25) is 0 Å². The number of anilines is 1. The Bertz CT molecular complexity index is 384. The van der Waals surface area contributed by atoms with Crippen molar-refractivity contribution in [3.05, 3.63) is 18.7 Å². The summed E-state index contributed by atoms with van der Waals surface area (Å²) in [5.74, 6) is 0. The van der Waals surface area contributed by atoms with Gasteiger partial charge >= 0.3 is 6.03 Å². The van der Waals surface area contributed by atoms with Gasteiger partial charge in [0.2, 0.25) is 3.79 Å². The fourth-order valence-electron chi connectivity index (χ4n) is 0.906. The summed E-state index contributed by atoms with van der Waals surface area (Å²) in [5.41, 5.74) is 0.362. The summed E-state index contributed by atoms with van der Waals surface area (Å²) in [6.45, 7) is 0. The predicted octanol–water partition coefficient (Wildman–Crippen LogP) is 1.63. The Labute approximate surface area is 113 Å². The van der Waals surface area contributed by atoms with E-state index < -0.39 is 16.1 Å². The third-order valence-electron chi connectivity index (χ3n) is 1.79. The molecular formula is C8H9Cl3N4O2. The van der Waals surface area contributed by atoms with Crippen LogP contribution in [-0.2, 0) is 0 Å². The highest BCUT2D eigenvalue weighted by Gasteiger charge is 2.36. The number of urea groups is 1. The fraction of sp³-hybridized carbons (Fsp3) is 0.375. The molecule has 1 atom stereocenters. The number of hydrogen-bond acceptors (Lipinski definition) is 4. The van der Waals surface area contributed by atoms with E-state index in [1.165, 1.54) is 25.8 Å². The molecule has 0 spiro atoms. The van der Waals surface area contributed by atoms with Gasteiger partial charge in [0, 0.05) is 7.05 Å². The number of rotatable bonds is 2. The SMILES string of the molecule is CN(C(=O)Nc1cncnc1)C(O)C(Cl)(Cl)Cl. The van der Waals surface area contributed by atoms with Gasteiger partial charge in [0.1, 0.15) is 6.33 Å². The largest absolute Gasteiger partial charge is 0.369 e. The van der Waals surface area contributed by atoms with Crippen LogP contribution in [0.4, 0.5) is 10.5 Å². The van der Waals surface area contributed by atoms with Gasteiger partial charge in [0.15, 0.2) is 6.23 Å². The molecule has 2 amide bonds. The van der Waals surface area contributed by atoms with Crippen LogP contribution < -0.4 is 5.32 Å². The number of aromatic nitrogens is 2. The first-order valence-electron chi connectivity index (χ1n) is 4.36. The second kappa shape index (κ2) is 5.68. The highest BCUT2D eigenvalue weighted by atomic mass is 35.6. The highest BCUT2D eigenvalue weighted by molar-refractivity contribution is 6.68. The molecule has 1 aromatic heterocycles. The molecule has 0 saturated heterocycles. The lowest BCUT2D eigenvalue weighted by Gasteiger charge is -2.28. The lowest BCUT2D eigenvalue weighted by atomic mass is 10.5. The minimum atomic E-state index is -1.99. The normalized spacial score (nSPS) is 13.0. The zero-order valence-corrected chi connectivity index (χ0v) is 10.9. The Kier molecular flexibility index (Phi) is 4.76. The summed E-state index contributed by atoms with van der Waals surface area (Å²) in [5, 5.41) is 12.0. The van der Waals surface area contributed by atoms with Crippen molar-refractivity contribution in [1.82, 2.24) is 14.9 Å². The van der Waals surface area contributed by atoms with Gasteiger partial charge in [-0.2, -0.15) is 0 Å². The van der Waals surface area contributed by atoms with E-state index in [4.69, 9.17) is 34.8 Å². The van der Waals surface area contributed by atoms with Crippen LogP contribution in [0.1, 0.15) is 0 Å². The molecule has 0 aliphatic heterocycles. The molecule has 0 bridgehead atoms. The fourth-order valence-corrected chi connectivity index (χ4v) is 1.35. The Morgan fingerprint density at radius 1 is 1.47 bits per heavy atom. The molecule has 0 aromatic carbocycles. The van der Waals surface area contributed by atoms with Crippen LogP contribution >= 0.6 is 34.8 Å². The van der Waals surface area contributed by atoms with E-state index in [2.05, 4.69) is 15.3 Å². The topological polar surface area (TPSA) is 78.4 Å². The maximum atomic E-state index is 11.6. The smallest absolute Gasteiger partial charge is 0.323 e. The molecule has 0 aliphatic rings. The van der Waals surface area contributed by atoms with Crippen molar-refractivity contribution < 1.29 is 9.90 Å². The second-order valence-electron chi connectivity index (χ2n) is 3.08. The van der Waals surface area contributed by atoms with Crippen LogP contribution in [0.5, 0.6) is 0 Å². The summed E-state index contributed by atoms with van der Waals surface area (Å²) in [7, 11) is 1.28. The Hall–Kier alpha value is -0.820. The number of hydrogen-bond donors (Lipinski definition) is 2. The molecule has 1 rings (SSSR count). The predicted molar refractivity (Wildman–Crippen MR) is 65.1 cm³/mol. The van der Waals surface area contributed by atoms with E-state index in [-0.39, 0.29) is 0 Å². The van der Waals surface area contributed by atoms with Crippen molar-refractivity contribution in [2.45, 2.75) is 10.0 Å². The average Bonchev–Trinajstić information content (AvgIpc) is 2.27. The van der Waals surface area contributed by atoms with Crippen molar-refractivity contribution in [3.63, 3.8) is 0 Å². The van der Waals surface area contributed by atoms with Crippen LogP contribution in [0.25, 0.3) is 0 Å². The molecule has 0 radical (unpaired) electrons. The zero-order valence-electron chi connectivity index (χ0n) is 8.64. The molecule has 0 aliphatic carbocycles. The quantitative estimate of drug-likeness (QED) is 0.642. The first-order valence-corrected chi connectivity index (χ1v) is 5.49. The van der Waals surface area contributed by atoms with E-state index in [0.717, 1.165) is 4.90 Å². The van der Waals surface area contributed by atoms with E-state index in [0.29, 0.717) is 5.69 Å². The lowest BCUT2D eigenvalue weighted by molar-refractivity contribution is 0.0547. The molecule has 94 valence electrons. The standard InChI is InChI=1S/C8H9Cl3N4O2/c1-15(6(16)8(9,10)11)7(17)14-5-2-12-4-13-3-5/h2-4,6,16H,1H3,(H,14,17). The number of aliphatic hydroxyl groups excluding tert-OH is 1. The monoisotopic (exact) mass is 298 g/mol. The Morgan fingerprint density at radius 2 is 2.00 bits per heavy atom. The molecule has 1 aromatic rings.